The van der Waals surface area contributed by atoms with Crippen LogP contribution >= 0.6 is 0 Å². The molecule has 0 radical (unpaired) electrons. The summed E-state index contributed by atoms with van der Waals surface area (Å²) in [5, 5.41) is 18.4. The largest absolute Gasteiger partial charge is 0.486 e. The second-order valence-corrected chi connectivity index (χ2v) is 3.77. The van der Waals surface area contributed by atoms with Crippen LogP contribution in [0.1, 0.15) is 0 Å². The van der Waals surface area contributed by atoms with Crippen molar-refractivity contribution in [2.24, 2.45) is 5.73 Å². The van der Waals surface area contributed by atoms with Crippen LogP contribution in [0.2, 0.25) is 0 Å². The number of aliphatic hydroxyl groups excluding tert-OH is 1. The van der Waals surface area contributed by atoms with Crippen molar-refractivity contribution in [3.8, 4) is 11.5 Å². The molecule has 0 spiro atoms. The van der Waals surface area contributed by atoms with Crippen molar-refractivity contribution in [2.45, 2.75) is 18.2 Å². The number of carbonyl (C=O) groups is 1. The first kappa shape index (κ1) is 11.7. The maximum atomic E-state index is 10.6. The van der Waals surface area contributed by atoms with Gasteiger partial charge in [0.25, 0.3) is 0 Å². The summed E-state index contributed by atoms with van der Waals surface area (Å²) in [6.07, 6.45) is -2.10. The molecule has 6 nitrogen and oxygen atoms in total. The zero-order valence-electron chi connectivity index (χ0n) is 8.95. The van der Waals surface area contributed by atoms with Gasteiger partial charge < -0.3 is 25.4 Å². The zero-order valence-corrected chi connectivity index (χ0v) is 8.95. The summed E-state index contributed by atoms with van der Waals surface area (Å²) in [7, 11) is 0. The van der Waals surface area contributed by atoms with E-state index in [1.807, 2.05) is 0 Å². The third kappa shape index (κ3) is 2.32. The molecule has 0 aliphatic carbocycles. The highest BCUT2D eigenvalue weighted by Gasteiger charge is 2.34. The van der Waals surface area contributed by atoms with Crippen molar-refractivity contribution >= 4 is 5.97 Å². The second-order valence-electron chi connectivity index (χ2n) is 3.77. The summed E-state index contributed by atoms with van der Waals surface area (Å²) in [6.45, 7) is 0.0686. The molecular weight excluding hydrogens is 226 g/mol. The molecule has 17 heavy (non-hydrogen) atoms. The van der Waals surface area contributed by atoms with Gasteiger partial charge in [0.05, 0.1) is 0 Å². The SMILES string of the molecule is NC(C(=O)O)C(O)C1COc2ccccc2O1. The number of aliphatic carboxylic acids is 1. The van der Waals surface area contributed by atoms with Gasteiger partial charge in [-0.1, -0.05) is 12.1 Å². The van der Waals surface area contributed by atoms with Crippen LogP contribution in [0.3, 0.4) is 0 Å². The Kier molecular flexibility index (Phi) is 3.16. The number of carboxylic acid groups (broad SMARTS) is 1. The number of rotatable bonds is 3. The molecule has 1 aromatic rings. The van der Waals surface area contributed by atoms with E-state index in [4.69, 9.17) is 20.3 Å². The van der Waals surface area contributed by atoms with E-state index in [1.54, 1.807) is 24.3 Å². The molecule has 0 bridgehead atoms. The molecule has 3 atom stereocenters. The summed E-state index contributed by atoms with van der Waals surface area (Å²) in [5.41, 5.74) is 5.33. The molecule has 0 fully saturated rings. The van der Waals surface area contributed by atoms with Crippen LogP contribution in [0.15, 0.2) is 24.3 Å². The molecule has 0 saturated heterocycles. The molecule has 2 rings (SSSR count). The van der Waals surface area contributed by atoms with Crippen molar-refractivity contribution in [1.82, 2.24) is 0 Å². The minimum absolute atomic E-state index is 0.0686. The lowest BCUT2D eigenvalue weighted by molar-refractivity contribution is -0.143. The Balaban J connectivity index is 2.10. The fourth-order valence-corrected chi connectivity index (χ4v) is 1.58. The first-order chi connectivity index (χ1) is 8.09. The maximum absolute atomic E-state index is 10.6. The Morgan fingerprint density at radius 3 is 2.71 bits per heavy atom. The smallest absolute Gasteiger partial charge is 0.323 e. The Morgan fingerprint density at radius 2 is 2.06 bits per heavy atom. The van der Waals surface area contributed by atoms with Crippen molar-refractivity contribution in [3.63, 3.8) is 0 Å². The molecule has 4 N–H and O–H groups in total. The predicted molar refractivity (Wildman–Crippen MR) is 58.0 cm³/mol. The van der Waals surface area contributed by atoms with Gasteiger partial charge in [0.1, 0.15) is 18.8 Å². The maximum Gasteiger partial charge on any atom is 0.323 e. The van der Waals surface area contributed by atoms with Crippen molar-refractivity contribution < 1.29 is 24.5 Å². The van der Waals surface area contributed by atoms with Crippen molar-refractivity contribution in [3.05, 3.63) is 24.3 Å². The van der Waals surface area contributed by atoms with E-state index in [1.165, 1.54) is 0 Å². The van der Waals surface area contributed by atoms with Crippen LogP contribution in [-0.2, 0) is 4.79 Å². The normalized spacial score (nSPS) is 21.6. The topological polar surface area (TPSA) is 102 Å². The second kappa shape index (κ2) is 4.60. The van der Waals surface area contributed by atoms with Crippen molar-refractivity contribution in [2.75, 3.05) is 6.61 Å². The van der Waals surface area contributed by atoms with Gasteiger partial charge in [0, 0.05) is 0 Å². The van der Waals surface area contributed by atoms with Crippen LogP contribution in [-0.4, -0.2) is 41.0 Å². The van der Waals surface area contributed by atoms with Gasteiger partial charge in [-0.25, -0.2) is 0 Å². The third-order valence-corrected chi connectivity index (χ3v) is 2.56. The first-order valence-electron chi connectivity index (χ1n) is 5.14. The van der Waals surface area contributed by atoms with Crippen LogP contribution in [0, 0.1) is 0 Å². The summed E-state index contributed by atoms with van der Waals surface area (Å²) < 4.78 is 10.8. The van der Waals surface area contributed by atoms with Crippen LogP contribution in [0.25, 0.3) is 0 Å². The first-order valence-corrected chi connectivity index (χ1v) is 5.14. The number of para-hydroxylation sites is 2. The zero-order chi connectivity index (χ0) is 12.4. The van der Waals surface area contributed by atoms with Gasteiger partial charge in [0.15, 0.2) is 17.6 Å². The van der Waals surface area contributed by atoms with Crippen LogP contribution in [0.5, 0.6) is 11.5 Å². The highest BCUT2D eigenvalue weighted by atomic mass is 16.6. The summed E-state index contributed by atoms with van der Waals surface area (Å²) >= 11 is 0. The highest BCUT2D eigenvalue weighted by Crippen LogP contribution is 2.31. The molecule has 0 aromatic heterocycles. The van der Waals surface area contributed by atoms with Gasteiger partial charge >= 0.3 is 5.97 Å². The van der Waals surface area contributed by atoms with Crippen LogP contribution < -0.4 is 15.2 Å². The molecular formula is C11H13NO5. The summed E-state index contributed by atoms with van der Waals surface area (Å²) in [6, 6.07) is 5.57. The van der Waals surface area contributed by atoms with E-state index in [0.29, 0.717) is 11.5 Å². The molecule has 0 amide bonds. The van der Waals surface area contributed by atoms with Gasteiger partial charge in [-0.05, 0) is 12.1 Å². The molecule has 92 valence electrons. The number of benzene rings is 1. The van der Waals surface area contributed by atoms with E-state index < -0.39 is 24.2 Å². The Morgan fingerprint density at radius 1 is 1.41 bits per heavy atom. The number of aliphatic hydroxyl groups is 1. The van der Waals surface area contributed by atoms with E-state index in [9.17, 15) is 9.90 Å². The number of carboxylic acids is 1. The Hall–Kier alpha value is -1.79. The molecule has 6 heteroatoms. The third-order valence-electron chi connectivity index (χ3n) is 2.56. The molecule has 0 saturated carbocycles. The van der Waals surface area contributed by atoms with E-state index in [2.05, 4.69) is 0 Å². The lowest BCUT2D eigenvalue weighted by Gasteiger charge is -2.30. The minimum Gasteiger partial charge on any atom is -0.486 e. The average molecular weight is 239 g/mol. The standard InChI is InChI=1S/C11H13NO5/c12-9(11(14)15)10(13)8-5-16-6-3-1-2-4-7(6)17-8/h1-4,8-10,13H,5,12H2,(H,14,15). The molecule has 1 heterocycles. The number of hydrogen-bond acceptors (Lipinski definition) is 5. The fourth-order valence-electron chi connectivity index (χ4n) is 1.58. The van der Waals surface area contributed by atoms with Gasteiger partial charge in [0.2, 0.25) is 0 Å². The lowest BCUT2D eigenvalue weighted by Crippen LogP contribution is -2.52. The van der Waals surface area contributed by atoms with Crippen LogP contribution in [0.4, 0.5) is 0 Å². The Bertz CT molecular complexity index is 422. The summed E-state index contributed by atoms with van der Waals surface area (Å²) in [4.78, 5) is 10.6. The quantitative estimate of drug-likeness (QED) is 0.663. The van der Waals surface area contributed by atoms with Gasteiger partial charge in [-0.15, -0.1) is 0 Å². The number of fused-ring (bicyclic) bond motifs is 1. The Labute approximate surface area is 97.6 Å². The lowest BCUT2D eigenvalue weighted by atomic mass is 10.1. The number of hydrogen-bond donors (Lipinski definition) is 3. The molecule has 1 aromatic carbocycles. The number of ether oxygens (including phenoxy) is 2. The molecule has 1 aliphatic rings. The van der Waals surface area contributed by atoms with Crippen molar-refractivity contribution in [1.29, 1.82) is 0 Å². The van der Waals surface area contributed by atoms with E-state index in [0.717, 1.165) is 0 Å². The fraction of sp³-hybridized carbons (Fsp3) is 0.364. The average Bonchev–Trinajstić information content (AvgIpc) is 2.36. The van der Waals surface area contributed by atoms with Gasteiger partial charge in [-0.3, -0.25) is 4.79 Å². The van der Waals surface area contributed by atoms with Gasteiger partial charge in [-0.2, -0.15) is 0 Å². The summed E-state index contributed by atoms with van der Waals surface area (Å²) in [5.74, 6) is -0.236. The number of nitrogens with two attached hydrogens (primary N) is 1. The van der Waals surface area contributed by atoms with E-state index in [-0.39, 0.29) is 6.61 Å². The highest BCUT2D eigenvalue weighted by molar-refractivity contribution is 5.74. The predicted octanol–water partition coefficient (Wildman–Crippen LogP) is -0.401. The molecule has 3 unspecified atom stereocenters. The molecule has 1 aliphatic heterocycles. The minimum atomic E-state index is -1.39. The monoisotopic (exact) mass is 239 g/mol. The van der Waals surface area contributed by atoms with E-state index >= 15 is 0 Å².